The fraction of sp³-hybridized carbons (Fsp3) is 0. The molecule has 2 aromatic rings. The number of hydrogen-bond donors (Lipinski definition) is 0. The zero-order chi connectivity index (χ0) is 11.5. The molecule has 0 aliphatic heterocycles. The highest BCUT2D eigenvalue weighted by Crippen LogP contribution is 2.12. The summed E-state index contributed by atoms with van der Waals surface area (Å²) in [7, 11) is 0. The number of hydrogen-bond acceptors (Lipinski definition) is 2. The van der Waals surface area contributed by atoms with Crippen molar-refractivity contribution in [2.75, 3.05) is 0 Å². The number of rotatable bonds is 2. The SMILES string of the molecule is O=C(c1ccncc1)c1cc(F)cc(F)c1. The first-order chi connectivity index (χ1) is 7.66. The van der Waals surface area contributed by atoms with Crippen molar-refractivity contribution in [3.8, 4) is 0 Å². The Labute approximate surface area is 90.6 Å². The normalized spacial score (nSPS) is 10.1. The lowest BCUT2D eigenvalue weighted by Crippen LogP contribution is -2.02. The molecule has 0 atom stereocenters. The largest absolute Gasteiger partial charge is 0.289 e. The summed E-state index contributed by atoms with van der Waals surface area (Å²) in [4.78, 5) is 15.5. The third kappa shape index (κ3) is 2.11. The van der Waals surface area contributed by atoms with Gasteiger partial charge in [-0.05, 0) is 24.3 Å². The first-order valence-corrected chi connectivity index (χ1v) is 4.57. The van der Waals surface area contributed by atoms with Crippen LogP contribution in [0.5, 0.6) is 0 Å². The number of benzene rings is 1. The van der Waals surface area contributed by atoms with E-state index < -0.39 is 17.4 Å². The van der Waals surface area contributed by atoms with Crippen molar-refractivity contribution in [2.45, 2.75) is 0 Å². The molecule has 80 valence electrons. The van der Waals surface area contributed by atoms with Gasteiger partial charge in [-0.1, -0.05) is 0 Å². The number of ketones is 1. The Hall–Kier alpha value is -2.10. The summed E-state index contributed by atoms with van der Waals surface area (Å²) >= 11 is 0. The number of pyridine rings is 1. The molecule has 0 amide bonds. The molecule has 1 heterocycles. The van der Waals surface area contributed by atoms with Gasteiger partial charge in [0.2, 0.25) is 0 Å². The van der Waals surface area contributed by atoms with Crippen LogP contribution in [-0.2, 0) is 0 Å². The molecule has 0 spiro atoms. The van der Waals surface area contributed by atoms with Gasteiger partial charge in [0.15, 0.2) is 5.78 Å². The Balaban J connectivity index is 2.42. The molecule has 16 heavy (non-hydrogen) atoms. The van der Waals surface area contributed by atoms with Crippen LogP contribution in [-0.4, -0.2) is 10.8 Å². The van der Waals surface area contributed by atoms with Crippen molar-refractivity contribution in [1.29, 1.82) is 0 Å². The number of halogens is 2. The maximum Gasteiger partial charge on any atom is 0.193 e. The van der Waals surface area contributed by atoms with Crippen molar-refractivity contribution in [2.24, 2.45) is 0 Å². The van der Waals surface area contributed by atoms with Crippen molar-refractivity contribution < 1.29 is 13.6 Å². The van der Waals surface area contributed by atoms with E-state index in [0.717, 1.165) is 18.2 Å². The molecule has 0 aliphatic rings. The van der Waals surface area contributed by atoms with Crippen LogP contribution in [0.25, 0.3) is 0 Å². The predicted molar refractivity (Wildman–Crippen MR) is 54.0 cm³/mol. The number of carbonyl (C=O) groups excluding carboxylic acids is 1. The van der Waals surface area contributed by atoms with E-state index >= 15 is 0 Å². The third-order valence-corrected chi connectivity index (χ3v) is 2.07. The second-order valence-electron chi connectivity index (χ2n) is 3.22. The van der Waals surface area contributed by atoms with E-state index in [-0.39, 0.29) is 5.56 Å². The lowest BCUT2D eigenvalue weighted by atomic mass is 10.0. The van der Waals surface area contributed by atoms with E-state index in [1.54, 1.807) is 0 Å². The van der Waals surface area contributed by atoms with Crippen LogP contribution in [0.4, 0.5) is 8.78 Å². The third-order valence-electron chi connectivity index (χ3n) is 2.07. The van der Waals surface area contributed by atoms with Gasteiger partial charge in [-0.2, -0.15) is 0 Å². The van der Waals surface area contributed by atoms with E-state index in [0.29, 0.717) is 5.56 Å². The molecular formula is C12H7F2NO. The van der Waals surface area contributed by atoms with Gasteiger partial charge in [0.25, 0.3) is 0 Å². The first-order valence-electron chi connectivity index (χ1n) is 4.57. The first kappa shape index (κ1) is 10.4. The maximum absolute atomic E-state index is 12.9. The van der Waals surface area contributed by atoms with E-state index in [2.05, 4.69) is 4.98 Å². The Kier molecular flexibility index (Phi) is 2.72. The smallest absolute Gasteiger partial charge is 0.193 e. The van der Waals surface area contributed by atoms with Crippen molar-refractivity contribution >= 4 is 5.78 Å². The van der Waals surface area contributed by atoms with Crippen molar-refractivity contribution in [1.82, 2.24) is 4.98 Å². The second-order valence-corrected chi connectivity index (χ2v) is 3.22. The molecule has 0 unspecified atom stereocenters. The summed E-state index contributed by atoms with van der Waals surface area (Å²) in [5.41, 5.74) is 0.337. The van der Waals surface area contributed by atoms with Crippen molar-refractivity contribution in [3.63, 3.8) is 0 Å². The van der Waals surface area contributed by atoms with Crippen LogP contribution < -0.4 is 0 Å². The van der Waals surface area contributed by atoms with Crippen molar-refractivity contribution in [3.05, 3.63) is 65.5 Å². The number of nitrogens with zero attached hydrogens (tertiary/aromatic N) is 1. The summed E-state index contributed by atoms with van der Waals surface area (Å²) < 4.78 is 25.8. The molecule has 0 bridgehead atoms. The minimum atomic E-state index is -0.766. The van der Waals surface area contributed by atoms with Crippen LogP contribution in [0.1, 0.15) is 15.9 Å². The summed E-state index contributed by atoms with van der Waals surface area (Å²) in [5.74, 6) is -1.96. The molecule has 0 saturated heterocycles. The van der Waals surface area contributed by atoms with Gasteiger partial charge >= 0.3 is 0 Å². The van der Waals surface area contributed by atoms with Crippen LogP contribution in [0, 0.1) is 11.6 Å². The molecule has 0 saturated carbocycles. The van der Waals surface area contributed by atoms with E-state index in [9.17, 15) is 13.6 Å². The monoisotopic (exact) mass is 219 g/mol. The molecule has 0 fully saturated rings. The molecule has 1 aromatic carbocycles. The molecule has 2 nitrogen and oxygen atoms in total. The fourth-order valence-corrected chi connectivity index (χ4v) is 1.35. The maximum atomic E-state index is 12.9. The lowest BCUT2D eigenvalue weighted by molar-refractivity contribution is 0.103. The highest BCUT2D eigenvalue weighted by molar-refractivity contribution is 6.08. The second kappa shape index (κ2) is 4.18. The van der Waals surface area contributed by atoms with E-state index in [1.165, 1.54) is 24.5 Å². The van der Waals surface area contributed by atoms with Gasteiger partial charge in [0, 0.05) is 29.6 Å². The topological polar surface area (TPSA) is 30.0 Å². The van der Waals surface area contributed by atoms with Crippen LogP contribution in [0.15, 0.2) is 42.7 Å². The number of aromatic nitrogens is 1. The standard InChI is InChI=1S/C12H7F2NO/c13-10-5-9(6-11(14)7-10)12(16)8-1-3-15-4-2-8/h1-7H. The fourth-order valence-electron chi connectivity index (χ4n) is 1.35. The van der Waals surface area contributed by atoms with Gasteiger partial charge in [0.05, 0.1) is 0 Å². The van der Waals surface area contributed by atoms with E-state index in [1.807, 2.05) is 0 Å². The molecule has 0 N–H and O–H groups in total. The quantitative estimate of drug-likeness (QED) is 0.726. The molecule has 4 heteroatoms. The zero-order valence-corrected chi connectivity index (χ0v) is 8.15. The summed E-state index contributed by atoms with van der Waals surface area (Å²) in [5, 5.41) is 0. The molecule has 1 aromatic heterocycles. The van der Waals surface area contributed by atoms with E-state index in [4.69, 9.17) is 0 Å². The van der Waals surface area contributed by atoms with Gasteiger partial charge in [0.1, 0.15) is 11.6 Å². The Morgan fingerprint density at radius 2 is 1.50 bits per heavy atom. The summed E-state index contributed by atoms with van der Waals surface area (Å²) in [6, 6.07) is 5.72. The highest BCUT2D eigenvalue weighted by Gasteiger charge is 2.11. The van der Waals surface area contributed by atoms with Crippen LogP contribution in [0.3, 0.4) is 0 Å². The Bertz CT molecular complexity index is 506. The summed E-state index contributed by atoms with van der Waals surface area (Å²) in [6.07, 6.45) is 2.89. The average Bonchev–Trinajstić information content (AvgIpc) is 2.28. The zero-order valence-electron chi connectivity index (χ0n) is 8.15. The average molecular weight is 219 g/mol. The Morgan fingerprint density at radius 3 is 2.06 bits per heavy atom. The lowest BCUT2D eigenvalue weighted by Gasteiger charge is -2.01. The Morgan fingerprint density at radius 1 is 0.938 bits per heavy atom. The summed E-state index contributed by atoms with van der Waals surface area (Å²) in [6.45, 7) is 0. The van der Waals surface area contributed by atoms with Gasteiger partial charge in [-0.15, -0.1) is 0 Å². The van der Waals surface area contributed by atoms with Crippen LogP contribution in [0.2, 0.25) is 0 Å². The minimum Gasteiger partial charge on any atom is -0.289 e. The number of carbonyl (C=O) groups is 1. The molecule has 2 rings (SSSR count). The molecular weight excluding hydrogens is 212 g/mol. The van der Waals surface area contributed by atoms with Gasteiger partial charge in [-0.25, -0.2) is 8.78 Å². The van der Waals surface area contributed by atoms with Crippen LogP contribution >= 0.6 is 0 Å². The minimum absolute atomic E-state index is 0.0105. The highest BCUT2D eigenvalue weighted by atomic mass is 19.1. The van der Waals surface area contributed by atoms with Gasteiger partial charge < -0.3 is 0 Å². The molecule has 0 aliphatic carbocycles. The van der Waals surface area contributed by atoms with Gasteiger partial charge in [-0.3, -0.25) is 9.78 Å². The molecule has 0 radical (unpaired) electrons. The predicted octanol–water partition coefficient (Wildman–Crippen LogP) is 2.59.